The van der Waals surface area contributed by atoms with Crippen LogP contribution in [0.4, 0.5) is 5.69 Å². The van der Waals surface area contributed by atoms with E-state index in [0.717, 1.165) is 30.9 Å². The maximum absolute atomic E-state index is 12.1. The second kappa shape index (κ2) is 7.54. The van der Waals surface area contributed by atoms with Gasteiger partial charge >= 0.3 is 0 Å². The van der Waals surface area contributed by atoms with Crippen molar-refractivity contribution < 1.29 is 9.53 Å². The third kappa shape index (κ3) is 5.12. The van der Waals surface area contributed by atoms with Gasteiger partial charge in [0.15, 0.2) is 0 Å². The summed E-state index contributed by atoms with van der Waals surface area (Å²) in [4.78, 5) is 14.3. The summed E-state index contributed by atoms with van der Waals surface area (Å²) in [6, 6.07) is 6.32. The number of morpholine rings is 1. The molecule has 0 aromatic heterocycles. The molecule has 1 atom stereocenters. The van der Waals surface area contributed by atoms with Gasteiger partial charge in [-0.15, -0.1) is 0 Å². The van der Waals surface area contributed by atoms with E-state index in [4.69, 9.17) is 4.74 Å². The van der Waals surface area contributed by atoms with Crippen LogP contribution < -0.4 is 10.6 Å². The highest BCUT2D eigenvalue weighted by Gasteiger charge is 2.17. The second-order valence-corrected chi connectivity index (χ2v) is 5.87. The summed E-state index contributed by atoms with van der Waals surface area (Å²) in [7, 11) is 4.07. The molecule has 0 radical (unpaired) electrons. The Hall–Kier alpha value is -1.43. The van der Waals surface area contributed by atoms with Gasteiger partial charge in [0, 0.05) is 31.2 Å². The number of hydrogen-bond donors (Lipinski definition) is 2. The zero-order chi connectivity index (χ0) is 15.2. The quantitative estimate of drug-likeness (QED) is 0.860. The predicted octanol–water partition coefficient (Wildman–Crippen LogP) is 1.37. The van der Waals surface area contributed by atoms with E-state index >= 15 is 0 Å². The van der Waals surface area contributed by atoms with Gasteiger partial charge in [-0.1, -0.05) is 12.1 Å². The van der Waals surface area contributed by atoms with E-state index in [-0.39, 0.29) is 11.9 Å². The van der Waals surface area contributed by atoms with Gasteiger partial charge in [-0.25, -0.2) is 0 Å². The number of carbonyl (C=O) groups is 1. The lowest BCUT2D eigenvalue weighted by Gasteiger charge is -2.23. The molecule has 1 fully saturated rings. The van der Waals surface area contributed by atoms with Gasteiger partial charge in [-0.2, -0.15) is 0 Å². The van der Waals surface area contributed by atoms with Gasteiger partial charge in [0.05, 0.1) is 13.2 Å². The number of carbonyl (C=O) groups excluding carboxylic acids is 1. The van der Waals surface area contributed by atoms with Gasteiger partial charge in [0.25, 0.3) is 0 Å². The number of anilines is 1. The number of amides is 1. The molecule has 0 saturated carbocycles. The van der Waals surface area contributed by atoms with Gasteiger partial charge in [-0.05, 0) is 38.2 Å². The SMILES string of the molecule is Cc1ccc(CN(C)C)cc1NC(=O)CC1COCCN1. The Kier molecular flexibility index (Phi) is 5.73. The third-order valence-electron chi connectivity index (χ3n) is 3.51. The molecule has 1 saturated heterocycles. The van der Waals surface area contributed by atoms with E-state index in [1.807, 2.05) is 21.0 Å². The highest BCUT2D eigenvalue weighted by Crippen LogP contribution is 2.18. The maximum atomic E-state index is 12.1. The smallest absolute Gasteiger partial charge is 0.226 e. The second-order valence-electron chi connectivity index (χ2n) is 5.87. The van der Waals surface area contributed by atoms with Crippen LogP contribution in [0.25, 0.3) is 0 Å². The molecular weight excluding hydrogens is 266 g/mol. The average molecular weight is 291 g/mol. The molecule has 2 N–H and O–H groups in total. The highest BCUT2D eigenvalue weighted by atomic mass is 16.5. The molecule has 1 aromatic rings. The molecule has 0 bridgehead atoms. The molecular formula is C16H25N3O2. The molecule has 21 heavy (non-hydrogen) atoms. The summed E-state index contributed by atoms with van der Waals surface area (Å²) in [6.07, 6.45) is 0.442. The zero-order valence-electron chi connectivity index (χ0n) is 13.1. The van der Waals surface area contributed by atoms with Gasteiger partial charge in [0.2, 0.25) is 5.91 Å². The number of nitrogens with one attached hydrogen (secondary N) is 2. The molecule has 2 rings (SSSR count). The van der Waals surface area contributed by atoms with Crippen LogP contribution in [-0.2, 0) is 16.1 Å². The average Bonchev–Trinajstić information content (AvgIpc) is 2.43. The van der Waals surface area contributed by atoms with Crippen LogP contribution in [0.5, 0.6) is 0 Å². The van der Waals surface area contributed by atoms with Crippen molar-refractivity contribution in [1.29, 1.82) is 0 Å². The Bertz CT molecular complexity index is 482. The minimum atomic E-state index is 0.0307. The summed E-state index contributed by atoms with van der Waals surface area (Å²) >= 11 is 0. The fourth-order valence-electron chi connectivity index (χ4n) is 2.44. The lowest BCUT2D eigenvalue weighted by atomic mass is 10.1. The first-order valence-electron chi connectivity index (χ1n) is 7.40. The van der Waals surface area contributed by atoms with Crippen molar-refractivity contribution in [3.8, 4) is 0 Å². The minimum Gasteiger partial charge on any atom is -0.378 e. The highest BCUT2D eigenvalue weighted by molar-refractivity contribution is 5.92. The summed E-state index contributed by atoms with van der Waals surface area (Å²) in [5.74, 6) is 0.0307. The lowest BCUT2D eigenvalue weighted by Crippen LogP contribution is -2.43. The van der Waals surface area contributed by atoms with E-state index in [1.165, 1.54) is 5.56 Å². The summed E-state index contributed by atoms with van der Waals surface area (Å²) in [5.41, 5.74) is 3.18. The number of aryl methyl sites for hydroxylation is 1. The van der Waals surface area contributed by atoms with Crippen LogP contribution in [0.1, 0.15) is 17.5 Å². The van der Waals surface area contributed by atoms with E-state index in [1.54, 1.807) is 0 Å². The van der Waals surface area contributed by atoms with Crippen LogP contribution >= 0.6 is 0 Å². The van der Waals surface area contributed by atoms with Crippen molar-refractivity contribution in [2.45, 2.75) is 25.9 Å². The van der Waals surface area contributed by atoms with Crippen LogP contribution in [0.3, 0.4) is 0 Å². The van der Waals surface area contributed by atoms with Crippen LogP contribution in [0.2, 0.25) is 0 Å². The Morgan fingerprint density at radius 2 is 2.29 bits per heavy atom. The minimum absolute atomic E-state index is 0.0307. The predicted molar refractivity (Wildman–Crippen MR) is 84.4 cm³/mol. The summed E-state index contributed by atoms with van der Waals surface area (Å²) in [5, 5.41) is 6.31. The molecule has 1 aliphatic heterocycles. The topological polar surface area (TPSA) is 53.6 Å². The Labute approximate surface area is 126 Å². The molecule has 1 aromatic carbocycles. The molecule has 5 heteroatoms. The van der Waals surface area contributed by atoms with E-state index in [0.29, 0.717) is 13.0 Å². The molecule has 0 spiro atoms. The van der Waals surface area contributed by atoms with E-state index < -0.39 is 0 Å². The molecule has 0 aliphatic carbocycles. The Morgan fingerprint density at radius 1 is 1.48 bits per heavy atom. The maximum Gasteiger partial charge on any atom is 0.226 e. The van der Waals surface area contributed by atoms with E-state index in [2.05, 4.69) is 33.7 Å². The normalized spacial score (nSPS) is 18.8. The largest absolute Gasteiger partial charge is 0.378 e. The first-order chi connectivity index (χ1) is 10.0. The number of rotatable bonds is 5. The first kappa shape index (κ1) is 15.9. The van der Waals surface area contributed by atoms with Crippen molar-refractivity contribution >= 4 is 11.6 Å². The van der Waals surface area contributed by atoms with Gasteiger partial charge in [0.1, 0.15) is 0 Å². The number of nitrogens with zero attached hydrogens (tertiary/aromatic N) is 1. The van der Waals surface area contributed by atoms with Gasteiger partial charge in [-0.3, -0.25) is 4.79 Å². The first-order valence-corrected chi connectivity index (χ1v) is 7.40. The van der Waals surface area contributed by atoms with Crippen molar-refractivity contribution in [3.63, 3.8) is 0 Å². The molecule has 1 heterocycles. The Morgan fingerprint density at radius 3 is 2.95 bits per heavy atom. The fourth-order valence-corrected chi connectivity index (χ4v) is 2.44. The van der Waals surface area contributed by atoms with Gasteiger partial charge < -0.3 is 20.3 Å². The summed E-state index contributed by atoms with van der Waals surface area (Å²) < 4.78 is 5.37. The number of hydrogen-bond acceptors (Lipinski definition) is 4. The molecule has 1 amide bonds. The molecule has 5 nitrogen and oxygen atoms in total. The molecule has 1 unspecified atom stereocenters. The van der Waals surface area contributed by atoms with Crippen LogP contribution in [-0.4, -0.2) is 50.7 Å². The van der Waals surface area contributed by atoms with Crippen molar-refractivity contribution in [2.75, 3.05) is 39.2 Å². The third-order valence-corrected chi connectivity index (χ3v) is 3.51. The zero-order valence-corrected chi connectivity index (χ0v) is 13.1. The lowest BCUT2D eigenvalue weighted by molar-refractivity contribution is -0.117. The monoisotopic (exact) mass is 291 g/mol. The molecule has 116 valence electrons. The fraction of sp³-hybridized carbons (Fsp3) is 0.562. The Balaban J connectivity index is 1.95. The number of ether oxygens (including phenoxy) is 1. The van der Waals surface area contributed by atoms with E-state index in [9.17, 15) is 4.79 Å². The van der Waals surface area contributed by atoms with Crippen molar-refractivity contribution in [3.05, 3.63) is 29.3 Å². The van der Waals surface area contributed by atoms with Crippen LogP contribution in [0, 0.1) is 6.92 Å². The summed E-state index contributed by atoms with van der Waals surface area (Å²) in [6.45, 7) is 5.02. The van der Waals surface area contributed by atoms with Crippen molar-refractivity contribution in [1.82, 2.24) is 10.2 Å². The number of benzene rings is 1. The van der Waals surface area contributed by atoms with Crippen molar-refractivity contribution in [2.24, 2.45) is 0 Å². The molecule has 1 aliphatic rings. The van der Waals surface area contributed by atoms with Crippen LogP contribution in [0.15, 0.2) is 18.2 Å². The standard InChI is InChI=1S/C16H25N3O2/c1-12-4-5-13(10-19(2)3)8-15(12)18-16(20)9-14-11-21-7-6-17-14/h4-5,8,14,17H,6-7,9-11H2,1-3H3,(H,18,20).